The van der Waals surface area contributed by atoms with Gasteiger partial charge in [0.25, 0.3) is 0 Å². The molecule has 64 heavy (non-hydrogen) atoms. The lowest BCUT2D eigenvalue weighted by molar-refractivity contribution is -0.138. The number of amides is 4. The highest BCUT2D eigenvalue weighted by atomic mass is 16.5. The second-order valence-corrected chi connectivity index (χ2v) is 17.8. The molecule has 2 aromatic heterocycles. The first-order valence-corrected chi connectivity index (χ1v) is 21.8. The van der Waals surface area contributed by atoms with E-state index in [1.54, 1.807) is 24.2 Å². The molecule has 7 rings (SSSR count). The molecule has 1 spiro atoms. The van der Waals surface area contributed by atoms with Crippen molar-refractivity contribution in [2.45, 2.75) is 78.6 Å². The topological polar surface area (TPSA) is 198 Å². The summed E-state index contributed by atoms with van der Waals surface area (Å²) in [5.41, 5.74) is 5.57. The molecule has 15 heteroatoms. The van der Waals surface area contributed by atoms with E-state index in [1.807, 2.05) is 45.6 Å². The largest absolute Gasteiger partial charge is 0.453 e. The van der Waals surface area contributed by atoms with Crippen LogP contribution < -0.4 is 10.6 Å². The number of fused-ring (bicyclic) bond motifs is 1. The molecule has 334 valence electrons. The number of H-pyrrole nitrogens is 2. The molecule has 1 aliphatic carbocycles. The van der Waals surface area contributed by atoms with Crippen molar-refractivity contribution in [1.82, 2.24) is 40.4 Å². The van der Waals surface area contributed by atoms with E-state index in [1.165, 1.54) is 14.2 Å². The monoisotopic (exact) mass is 867 g/mol. The van der Waals surface area contributed by atoms with Crippen LogP contribution in [0, 0.1) is 34.5 Å². The molecular formula is C49H57N9O6. The first-order valence-electron chi connectivity index (χ1n) is 21.8. The van der Waals surface area contributed by atoms with Crippen LogP contribution in [0.1, 0.15) is 78.1 Å². The number of imidazole rings is 2. The Morgan fingerprint density at radius 2 is 1.36 bits per heavy atom. The van der Waals surface area contributed by atoms with Crippen molar-refractivity contribution >= 4 is 34.8 Å². The molecule has 0 radical (unpaired) electrons. The van der Waals surface area contributed by atoms with Crippen LogP contribution in [0.25, 0.3) is 44.4 Å². The van der Waals surface area contributed by atoms with Gasteiger partial charge in [-0.05, 0) is 78.1 Å². The number of nitrogens with one attached hydrogen (secondary N) is 4. The van der Waals surface area contributed by atoms with Crippen molar-refractivity contribution in [3.8, 4) is 39.7 Å². The van der Waals surface area contributed by atoms with Crippen molar-refractivity contribution in [3.05, 3.63) is 96.9 Å². The van der Waals surface area contributed by atoms with Crippen molar-refractivity contribution < 1.29 is 28.7 Å². The van der Waals surface area contributed by atoms with E-state index in [0.717, 1.165) is 57.3 Å². The van der Waals surface area contributed by atoms with E-state index in [4.69, 9.17) is 14.5 Å². The molecular weight excluding hydrogens is 811 g/mol. The number of nitriles is 1. The third-order valence-corrected chi connectivity index (χ3v) is 12.4. The SMILES string of the molecule is COC(=O)N[C@H](C(=O)N(C[C@H](C)C#N)[C@@H](C)c1ncc(-c2ccc3cc(-c4ccc(-c5cnc([C@@H]6C=CC7(CC7)CN6C(=O)[C@@H](NC(=O)OC)C(C)C)[nH]5)cc4)ccc3c2)[nH]1)C(C)C. The van der Waals surface area contributed by atoms with Crippen LogP contribution >= 0.6 is 0 Å². The van der Waals surface area contributed by atoms with E-state index >= 15 is 0 Å². The number of hydrogen-bond donors (Lipinski definition) is 4. The summed E-state index contributed by atoms with van der Waals surface area (Å²) in [5, 5.41) is 17.1. The van der Waals surface area contributed by atoms with Crippen LogP contribution in [0.4, 0.5) is 9.59 Å². The highest BCUT2D eigenvalue weighted by Crippen LogP contribution is 2.51. The van der Waals surface area contributed by atoms with Crippen molar-refractivity contribution in [1.29, 1.82) is 5.26 Å². The normalized spacial score (nSPS) is 17.1. The number of nitrogens with zero attached hydrogens (tertiary/aromatic N) is 5. The van der Waals surface area contributed by atoms with Gasteiger partial charge in [0, 0.05) is 24.1 Å². The number of aromatic amines is 2. The number of alkyl carbamates (subject to hydrolysis) is 2. The maximum atomic E-state index is 14.0. The third-order valence-electron chi connectivity index (χ3n) is 12.4. The molecule has 0 bridgehead atoms. The Labute approximate surface area is 373 Å². The first-order chi connectivity index (χ1) is 30.6. The standard InChI is InChI=1S/C49H57N9O6/c1-28(2)41(55-47(61)63-7)45(59)57(26-30(5)23-50)31(6)43-51-25-39(53-43)37-16-15-35-21-34(13-14-36(35)22-37)32-9-11-33(12-10-32)38-24-52-44(54-38)40-17-18-49(19-20-49)27-58(40)46(60)42(29(3)4)56-48(62)64-8/h9-18,21-22,24-25,28-31,40-42H,19-20,26-27H2,1-8H3,(H,51,53)(H,52,54)(H,55,61)(H,56,62)/t30-,31+,40+,41+,42+/m1/s1. The van der Waals surface area contributed by atoms with Crippen LogP contribution in [-0.2, 0) is 19.1 Å². The minimum absolute atomic E-state index is 0.0183. The molecule has 1 saturated carbocycles. The Bertz CT molecular complexity index is 2580. The summed E-state index contributed by atoms with van der Waals surface area (Å²) in [6.07, 6.45) is 8.51. The molecule has 5 atom stereocenters. The van der Waals surface area contributed by atoms with Gasteiger partial charge >= 0.3 is 12.2 Å². The van der Waals surface area contributed by atoms with E-state index in [0.29, 0.717) is 18.2 Å². The van der Waals surface area contributed by atoms with Gasteiger partial charge in [0.2, 0.25) is 11.8 Å². The van der Waals surface area contributed by atoms with E-state index < -0.39 is 42.3 Å². The second kappa shape index (κ2) is 18.8. The molecule has 15 nitrogen and oxygen atoms in total. The molecule has 3 aromatic carbocycles. The lowest BCUT2D eigenvalue weighted by Gasteiger charge is -2.38. The molecule has 1 aliphatic heterocycles. The second-order valence-electron chi connectivity index (χ2n) is 17.8. The summed E-state index contributed by atoms with van der Waals surface area (Å²) in [7, 11) is 2.54. The van der Waals surface area contributed by atoms with Gasteiger partial charge in [-0.3, -0.25) is 9.59 Å². The number of methoxy groups -OCH3 is 2. The molecule has 2 aliphatic rings. The summed E-state index contributed by atoms with van der Waals surface area (Å²) < 4.78 is 9.60. The number of carbonyl (C=O) groups is 4. The Balaban J connectivity index is 1.06. The molecule has 1 fully saturated rings. The predicted octanol–water partition coefficient (Wildman–Crippen LogP) is 8.32. The maximum Gasteiger partial charge on any atom is 0.407 e. The number of aromatic nitrogens is 4. The minimum atomic E-state index is -0.850. The molecule has 5 aromatic rings. The fourth-order valence-electron chi connectivity index (χ4n) is 8.27. The van der Waals surface area contributed by atoms with Gasteiger partial charge in [0.15, 0.2) is 0 Å². The van der Waals surface area contributed by atoms with Crippen molar-refractivity contribution in [3.63, 3.8) is 0 Å². The number of ether oxygens (including phenoxy) is 2. The van der Waals surface area contributed by atoms with Crippen LogP contribution in [0.15, 0.2) is 85.2 Å². The summed E-state index contributed by atoms with van der Waals surface area (Å²) in [6.45, 7) is 11.8. The van der Waals surface area contributed by atoms with Gasteiger partial charge in [-0.25, -0.2) is 19.6 Å². The lowest BCUT2D eigenvalue weighted by Crippen LogP contribution is -2.53. The zero-order chi connectivity index (χ0) is 45.9. The van der Waals surface area contributed by atoms with Crippen LogP contribution in [-0.4, -0.2) is 93.1 Å². The highest BCUT2D eigenvalue weighted by Gasteiger charge is 2.48. The minimum Gasteiger partial charge on any atom is -0.453 e. The summed E-state index contributed by atoms with van der Waals surface area (Å²) in [4.78, 5) is 71.9. The maximum absolute atomic E-state index is 14.0. The third kappa shape index (κ3) is 9.66. The van der Waals surface area contributed by atoms with Crippen LogP contribution in [0.5, 0.6) is 0 Å². The van der Waals surface area contributed by atoms with E-state index in [9.17, 15) is 24.4 Å². The predicted molar refractivity (Wildman–Crippen MR) is 243 cm³/mol. The Morgan fingerprint density at radius 1 is 0.797 bits per heavy atom. The number of hydrogen-bond acceptors (Lipinski definition) is 9. The number of benzene rings is 3. The van der Waals surface area contributed by atoms with Gasteiger partial charge in [-0.1, -0.05) is 88.4 Å². The fourth-order valence-corrected chi connectivity index (χ4v) is 8.27. The van der Waals surface area contributed by atoms with Crippen molar-refractivity contribution in [2.75, 3.05) is 27.3 Å². The van der Waals surface area contributed by atoms with Crippen LogP contribution in [0.3, 0.4) is 0 Å². The molecule has 0 unspecified atom stereocenters. The number of rotatable bonds is 14. The lowest BCUT2D eigenvalue weighted by atomic mass is 9.94. The smallest absolute Gasteiger partial charge is 0.407 e. The zero-order valence-corrected chi connectivity index (χ0v) is 37.6. The number of carbonyl (C=O) groups excluding carboxylic acids is 4. The van der Waals surface area contributed by atoms with Gasteiger partial charge in [0.05, 0.1) is 56.0 Å². The first kappa shape index (κ1) is 45.1. The molecule has 0 saturated heterocycles. The van der Waals surface area contributed by atoms with E-state index in [-0.39, 0.29) is 35.6 Å². The summed E-state index contributed by atoms with van der Waals surface area (Å²) in [5.74, 6) is -0.0994. The summed E-state index contributed by atoms with van der Waals surface area (Å²) in [6, 6.07) is 20.5. The van der Waals surface area contributed by atoms with Crippen molar-refractivity contribution in [2.24, 2.45) is 23.2 Å². The van der Waals surface area contributed by atoms with Gasteiger partial charge in [0.1, 0.15) is 29.8 Å². The molecule has 4 N–H and O–H groups in total. The molecule has 4 amide bonds. The average molecular weight is 868 g/mol. The molecule has 3 heterocycles. The van der Waals surface area contributed by atoms with Gasteiger partial charge in [-0.2, -0.15) is 5.26 Å². The Kier molecular flexibility index (Phi) is 13.2. The Hall–Kier alpha value is -6.95. The zero-order valence-electron chi connectivity index (χ0n) is 37.6. The fraction of sp³-hybridized carbons (Fsp3) is 0.408. The average Bonchev–Trinajstić information content (AvgIpc) is 3.62. The van der Waals surface area contributed by atoms with Crippen LogP contribution in [0.2, 0.25) is 0 Å². The highest BCUT2D eigenvalue weighted by molar-refractivity contribution is 5.91. The quantitative estimate of drug-likeness (QED) is 0.0793. The van der Waals surface area contributed by atoms with E-state index in [2.05, 4.69) is 98.4 Å². The summed E-state index contributed by atoms with van der Waals surface area (Å²) >= 11 is 0. The van der Waals surface area contributed by atoms with Gasteiger partial charge in [-0.15, -0.1) is 0 Å². The van der Waals surface area contributed by atoms with Gasteiger partial charge < -0.3 is 39.9 Å². The Morgan fingerprint density at radius 3 is 1.97 bits per heavy atom.